The van der Waals surface area contributed by atoms with E-state index >= 15 is 0 Å². The lowest BCUT2D eigenvalue weighted by molar-refractivity contribution is 0.191. The van der Waals surface area contributed by atoms with Gasteiger partial charge in [0.15, 0.2) is 5.96 Å². The van der Waals surface area contributed by atoms with E-state index in [-0.39, 0.29) is 0 Å². The molecule has 0 radical (unpaired) electrons. The molecular formula is C20H29N5S. The summed E-state index contributed by atoms with van der Waals surface area (Å²) in [4.78, 5) is 12.8. The molecular weight excluding hydrogens is 342 g/mol. The lowest BCUT2D eigenvalue weighted by Crippen LogP contribution is -2.47. The number of aryl methyl sites for hydroxylation is 1. The van der Waals surface area contributed by atoms with Gasteiger partial charge in [-0.05, 0) is 38.3 Å². The van der Waals surface area contributed by atoms with Gasteiger partial charge in [0.1, 0.15) is 5.01 Å². The Hall–Kier alpha value is -1.92. The Morgan fingerprint density at radius 3 is 2.85 bits per heavy atom. The lowest BCUT2D eigenvalue weighted by Gasteiger charge is -2.34. The highest BCUT2D eigenvalue weighted by Gasteiger charge is 2.20. The second kappa shape index (κ2) is 9.14. The summed E-state index contributed by atoms with van der Waals surface area (Å²) in [5, 5.41) is 7.88. The molecule has 0 amide bonds. The number of guanidine groups is 1. The largest absolute Gasteiger partial charge is 0.357 e. The van der Waals surface area contributed by atoms with Crippen LogP contribution in [0.4, 0.5) is 0 Å². The zero-order valence-corrected chi connectivity index (χ0v) is 16.8. The molecule has 1 unspecified atom stereocenters. The van der Waals surface area contributed by atoms with Crippen LogP contribution in [0.3, 0.4) is 0 Å². The van der Waals surface area contributed by atoms with Crippen molar-refractivity contribution < 1.29 is 0 Å². The van der Waals surface area contributed by atoms with Gasteiger partial charge in [0.25, 0.3) is 0 Å². The van der Waals surface area contributed by atoms with Gasteiger partial charge < -0.3 is 10.6 Å². The van der Waals surface area contributed by atoms with E-state index in [0.29, 0.717) is 12.6 Å². The smallest absolute Gasteiger partial charge is 0.191 e. The molecule has 140 valence electrons. The van der Waals surface area contributed by atoms with Crippen LogP contribution in [0.25, 0.3) is 0 Å². The quantitative estimate of drug-likeness (QED) is 0.605. The second-order valence-electron chi connectivity index (χ2n) is 6.78. The van der Waals surface area contributed by atoms with E-state index in [2.05, 4.69) is 70.5 Å². The zero-order valence-electron chi connectivity index (χ0n) is 16.0. The van der Waals surface area contributed by atoms with Gasteiger partial charge in [-0.15, -0.1) is 11.3 Å². The fourth-order valence-electron chi connectivity index (χ4n) is 3.23. The maximum Gasteiger partial charge on any atom is 0.191 e. The fraction of sp³-hybridized carbons (Fsp3) is 0.500. The van der Waals surface area contributed by atoms with Crippen molar-refractivity contribution in [3.63, 3.8) is 0 Å². The topological polar surface area (TPSA) is 52.6 Å². The standard InChI is InChI=1S/C20H29N5S/c1-4-21-20(24-13-19-22-12-16(3)26-19)23-11-15(2)25-10-9-17-7-5-6-8-18(17)14-25/h5-8,12,15H,4,9-11,13-14H2,1-3H3,(H2,21,23,24). The molecule has 26 heavy (non-hydrogen) atoms. The monoisotopic (exact) mass is 371 g/mol. The molecule has 0 fully saturated rings. The number of aromatic nitrogens is 1. The number of hydrogen-bond donors (Lipinski definition) is 2. The van der Waals surface area contributed by atoms with Gasteiger partial charge in [0.2, 0.25) is 0 Å². The van der Waals surface area contributed by atoms with Crippen molar-refractivity contribution >= 4 is 17.3 Å². The number of rotatable bonds is 6. The molecule has 0 aliphatic carbocycles. The Kier molecular flexibility index (Phi) is 6.63. The third-order valence-electron chi connectivity index (χ3n) is 4.73. The number of nitrogens with one attached hydrogen (secondary N) is 2. The molecule has 0 saturated heterocycles. The van der Waals surface area contributed by atoms with Crippen LogP contribution in [0.5, 0.6) is 0 Å². The average Bonchev–Trinajstić information content (AvgIpc) is 3.08. The van der Waals surface area contributed by atoms with Crippen molar-refractivity contribution in [3.8, 4) is 0 Å². The van der Waals surface area contributed by atoms with Crippen LogP contribution in [-0.4, -0.2) is 41.5 Å². The van der Waals surface area contributed by atoms with Crippen LogP contribution in [0.2, 0.25) is 0 Å². The fourth-order valence-corrected chi connectivity index (χ4v) is 3.94. The highest BCUT2D eigenvalue weighted by Crippen LogP contribution is 2.20. The van der Waals surface area contributed by atoms with Crippen molar-refractivity contribution in [1.29, 1.82) is 0 Å². The summed E-state index contributed by atoms with van der Waals surface area (Å²) in [5.41, 5.74) is 2.96. The van der Waals surface area contributed by atoms with Gasteiger partial charge in [-0.3, -0.25) is 4.90 Å². The molecule has 0 bridgehead atoms. The molecule has 1 aromatic carbocycles. The summed E-state index contributed by atoms with van der Waals surface area (Å²) >= 11 is 1.71. The predicted molar refractivity (Wildman–Crippen MR) is 110 cm³/mol. The van der Waals surface area contributed by atoms with E-state index in [1.165, 1.54) is 16.0 Å². The molecule has 5 nitrogen and oxygen atoms in total. The minimum absolute atomic E-state index is 0.453. The van der Waals surface area contributed by atoms with Crippen molar-refractivity contribution in [3.05, 3.63) is 51.5 Å². The summed E-state index contributed by atoms with van der Waals surface area (Å²) in [6.07, 6.45) is 3.05. The van der Waals surface area contributed by atoms with Crippen molar-refractivity contribution in [2.75, 3.05) is 19.6 Å². The summed E-state index contributed by atoms with van der Waals surface area (Å²) in [6, 6.07) is 9.24. The van der Waals surface area contributed by atoms with Gasteiger partial charge in [0, 0.05) is 43.3 Å². The maximum atomic E-state index is 4.67. The highest BCUT2D eigenvalue weighted by atomic mass is 32.1. The number of hydrogen-bond acceptors (Lipinski definition) is 4. The first-order valence-electron chi connectivity index (χ1n) is 9.40. The molecule has 1 aliphatic rings. The Morgan fingerprint density at radius 1 is 1.31 bits per heavy atom. The van der Waals surface area contributed by atoms with E-state index in [0.717, 1.165) is 43.6 Å². The normalized spacial score (nSPS) is 16.2. The number of fused-ring (bicyclic) bond motifs is 1. The Bertz CT molecular complexity index is 739. The Labute approximate surface area is 160 Å². The van der Waals surface area contributed by atoms with Crippen LogP contribution in [0.15, 0.2) is 35.5 Å². The van der Waals surface area contributed by atoms with Crippen LogP contribution in [0.1, 0.15) is 34.9 Å². The first-order valence-corrected chi connectivity index (χ1v) is 10.2. The van der Waals surface area contributed by atoms with E-state index in [4.69, 9.17) is 0 Å². The molecule has 1 aliphatic heterocycles. The van der Waals surface area contributed by atoms with Crippen LogP contribution in [-0.2, 0) is 19.5 Å². The van der Waals surface area contributed by atoms with Crippen molar-refractivity contribution in [2.24, 2.45) is 4.99 Å². The molecule has 2 aromatic rings. The molecule has 2 N–H and O–H groups in total. The highest BCUT2D eigenvalue weighted by molar-refractivity contribution is 7.11. The van der Waals surface area contributed by atoms with Gasteiger partial charge in [-0.1, -0.05) is 24.3 Å². The van der Waals surface area contributed by atoms with E-state index in [1.54, 1.807) is 11.3 Å². The molecule has 6 heteroatoms. The van der Waals surface area contributed by atoms with Gasteiger partial charge in [-0.2, -0.15) is 0 Å². The minimum atomic E-state index is 0.453. The maximum absolute atomic E-state index is 4.67. The number of nitrogens with zero attached hydrogens (tertiary/aromatic N) is 3. The average molecular weight is 372 g/mol. The SMILES string of the molecule is CCNC(=NCc1ncc(C)s1)NCC(C)N1CCc2ccccc2C1. The van der Waals surface area contributed by atoms with Gasteiger partial charge >= 0.3 is 0 Å². The van der Waals surface area contributed by atoms with Gasteiger partial charge in [0.05, 0.1) is 6.54 Å². The van der Waals surface area contributed by atoms with E-state index < -0.39 is 0 Å². The number of thiazole rings is 1. The lowest BCUT2D eigenvalue weighted by atomic mass is 9.99. The first-order chi connectivity index (χ1) is 12.7. The van der Waals surface area contributed by atoms with Crippen LogP contribution >= 0.6 is 11.3 Å². The molecule has 1 atom stereocenters. The van der Waals surface area contributed by atoms with Crippen molar-refractivity contribution in [1.82, 2.24) is 20.5 Å². The molecule has 0 spiro atoms. The van der Waals surface area contributed by atoms with Gasteiger partial charge in [-0.25, -0.2) is 9.98 Å². The third kappa shape index (κ3) is 5.05. The molecule has 0 saturated carbocycles. The van der Waals surface area contributed by atoms with Crippen LogP contribution < -0.4 is 10.6 Å². The first kappa shape index (κ1) is 18.9. The van der Waals surface area contributed by atoms with Crippen LogP contribution in [0, 0.1) is 6.92 Å². The van der Waals surface area contributed by atoms with Crippen molar-refractivity contribution in [2.45, 2.75) is 46.3 Å². The van der Waals surface area contributed by atoms with E-state index in [9.17, 15) is 0 Å². The second-order valence-corrected chi connectivity index (χ2v) is 8.10. The predicted octanol–water partition coefficient (Wildman–Crippen LogP) is 2.95. The minimum Gasteiger partial charge on any atom is -0.357 e. The summed E-state index contributed by atoms with van der Waals surface area (Å²) < 4.78 is 0. The summed E-state index contributed by atoms with van der Waals surface area (Å²) in [7, 11) is 0. The number of benzene rings is 1. The molecule has 1 aromatic heterocycles. The summed E-state index contributed by atoms with van der Waals surface area (Å²) in [5.74, 6) is 0.865. The Balaban J connectivity index is 1.53. The molecule has 3 rings (SSSR count). The summed E-state index contributed by atoms with van der Waals surface area (Å²) in [6.45, 7) is 11.0. The Morgan fingerprint density at radius 2 is 2.12 bits per heavy atom. The third-order valence-corrected chi connectivity index (χ3v) is 5.63. The number of aliphatic imine (C=N–C) groups is 1. The van der Waals surface area contributed by atoms with E-state index in [1.807, 2.05) is 6.20 Å². The zero-order chi connectivity index (χ0) is 18.4. The molecule has 2 heterocycles.